The molecule has 0 aliphatic rings. The van der Waals surface area contributed by atoms with Crippen LogP contribution in [-0.4, -0.2) is 12.1 Å². The summed E-state index contributed by atoms with van der Waals surface area (Å²) >= 11 is 3.46. The Balaban J connectivity index is 2.21. The maximum absolute atomic E-state index is 5.90. The summed E-state index contributed by atoms with van der Waals surface area (Å²) in [4.78, 5) is 4.33. The zero-order valence-electron chi connectivity index (χ0n) is 11.0. The summed E-state index contributed by atoms with van der Waals surface area (Å²) in [5, 5.41) is 0.723. The lowest BCUT2D eigenvalue weighted by atomic mass is 10.2. The van der Waals surface area contributed by atoms with Gasteiger partial charge in [-0.1, -0.05) is 34.1 Å². The zero-order valence-corrected chi connectivity index (χ0v) is 12.6. The van der Waals surface area contributed by atoms with E-state index in [9.17, 15) is 0 Å². The van der Waals surface area contributed by atoms with Gasteiger partial charge in [0.25, 0.3) is 0 Å². The molecule has 0 amide bonds. The van der Waals surface area contributed by atoms with Gasteiger partial charge in [-0.15, -0.1) is 0 Å². The molecule has 1 heterocycles. The van der Waals surface area contributed by atoms with Crippen LogP contribution in [0.3, 0.4) is 0 Å². The number of pyridine rings is 1. The van der Waals surface area contributed by atoms with Gasteiger partial charge in [0.05, 0.1) is 12.8 Å². The van der Waals surface area contributed by atoms with E-state index in [0.29, 0.717) is 6.61 Å². The molecule has 4 heteroatoms. The molecule has 100 valence electrons. The van der Waals surface area contributed by atoms with E-state index in [4.69, 9.17) is 9.47 Å². The van der Waals surface area contributed by atoms with E-state index in [-0.39, 0.29) is 0 Å². The van der Waals surface area contributed by atoms with E-state index >= 15 is 0 Å². The Morgan fingerprint density at radius 2 is 2.05 bits per heavy atom. The second-order valence-electron chi connectivity index (χ2n) is 4.14. The summed E-state index contributed by atoms with van der Waals surface area (Å²) < 4.78 is 11.2. The predicted octanol–water partition coefficient (Wildman–Crippen LogP) is 3.87. The molecule has 0 unspecified atom stereocenters. The number of para-hydroxylation sites is 1. The molecule has 0 saturated heterocycles. The van der Waals surface area contributed by atoms with Crippen LogP contribution in [-0.2, 0) is 11.9 Å². The molecule has 0 radical (unpaired) electrons. The number of ether oxygens (including phenoxy) is 2. The van der Waals surface area contributed by atoms with Crippen molar-refractivity contribution >= 4 is 15.9 Å². The lowest BCUT2D eigenvalue weighted by Gasteiger charge is -2.14. The molecule has 2 rings (SSSR count). The van der Waals surface area contributed by atoms with Gasteiger partial charge in [0.2, 0.25) is 0 Å². The summed E-state index contributed by atoms with van der Waals surface area (Å²) in [5.41, 5.74) is 3.12. The molecule has 19 heavy (non-hydrogen) atoms. The van der Waals surface area contributed by atoms with Crippen molar-refractivity contribution in [1.82, 2.24) is 4.98 Å². The van der Waals surface area contributed by atoms with Crippen molar-refractivity contribution in [3.05, 3.63) is 53.3 Å². The molecule has 0 saturated carbocycles. The van der Waals surface area contributed by atoms with Gasteiger partial charge in [-0.05, 0) is 24.6 Å². The smallest absolute Gasteiger partial charge is 0.165 e. The first kappa shape index (κ1) is 13.9. The third kappa shape index (κ3) is 3.26. The van der Waals surface area contributed by atoms with Crippen molar-refractivity contribution in [2.45, 2.75) is 18.9 Å². The molecule has 0 aliphatic heterocycles. The van der Waals surface area contributed by atoms with Gasteiger partial charge in [0.1, 0.15) is 6.61 Å². The molecule has 0 bridgehead atoms. The summed E-state index contributed by atoms with van der Waals surface area (Å²) in [6, 6.07) is 9.81. The lowest BCUT2D eigenvalue weighted by Crippen LogP contribution is -2.03. The number of alkyl halides is 1. The number of aromatic nitrogens is 1. The minimum absolute atomic E-state index is 0.438. The van der Waals surface area contributed by atoms with Crippen LogP contribution in [0.25, 0.3) is 0 Å². The molecule has 1 aromatic carbocycles. The predicted molar refractivity (Wildman–Crippen MR) is 78.9 cm³/mol. The van der Waals surface area contributed by atoms with Crippen LogP contribution in [0.15, 0.2) is 36.5 Å². The molecule has 2 aromatic rings. The number of benzene rings is 1. The van der Waals surface area contributed by atoms with Crippen LogP contribution in [0.2, 0.25) is 0 Å². The Kier molecular flexibility index (Phi) is 4.80. The van der Waals surface area contributed by atoms with E-state index in [0.717, 1.165) is 33.6 Å². The minimum Gasteiger partial charge on any atom is -0.493 e. The quantitative estimate of drug-likeness (QED) is 0.783. The van der Waals surface area contributed by atoms with E-state index in [1.165, 1.54) is 0 Å². The standard InChI is InChI=1S/C15H16BrNO2/c1-11-5-4-8-17-13(11)10-19-15-12(9-16)6-3-7-14(15)18-2/h3-8H,9-10H2,1-2H3. The highest BCUT2D eigenvalue weighted by Gasteiger charge is 2.10. The minimum atomic E-state index is 0.438. The molecular weight excluding hydrogens is 306 g/mol. The third-order valence-electron chi connectivity index (χ3n) is 2.90. The Bertz CT molecular complexity index is 535. The number of hydrogen-bond acceptors (Lipinski definition) is 3. The molecule has 0 spiro atoms. The monoisotopic (exact) mass is 321 g/mol. The fourth-order valence-electron chi connectivity index (χ4n) is 1.80. The maximum Gasteiger partial charge on any atom is 0.165 e. The fourth-order valence-corrected chi connectivity index (χ4v) is 2.24. The Hall–Kier alpha value is -1.55. The largest absolute Gasteiger partial charge is 0.493 e. The van der Waals surface area contributed by atoms with E-state index in [1.54, 1.807) is 13.3 Å². The highest BCUT2D eigenvalue weighted by Crippen LogP contribution is 2.33. The first-order chi connectivity index (χ1) is 9.26. The van der Waals surface area contributed by atoms with Crippen molar-refractivity contribution < 1.29 is 9.47 Å². The molecule has 3 nitrogen and oxygen atoms in total. The van der Waals surface area contributed by atoms with Crippen molar-refractivity contribution in [2.24, 2.45) is 0 Å². The summed E-state index contributed by atoms with van der Waals surface area (Å²) in [5.74, 6) is 1.51. The van der Waals surface area contributed by atoms with Crippen molar-refractivity contribution in [2.75, 3.05) is 7.11 Å². The summed E-state index contributed by atoms with van der Waals surface area (Å²) in [7, 11) is 1.65. The fraction of sp³-hybridized carbons (Fsp3) is 0.267. The van der Waals surface area contributed by atoms with Crippen molar-refractivity contribution in [3.63, 3.8) is 0 Å². The van der Waals surface area contributed by atoms with Gasteiger partial charge in [0.15, 0.2) is 11.5 Å². The van der Waals surface area contributed by atoms with Gasteiger partial charge >= 0.3 is 0 Å². The van der Waals surface area contributed by atoms with E-state index in [2.05, 4.69) is 20.9 Å². The van der Waals surface area contributed by atoms with Crippen LogP contribution in [0.4, 0.5) is 0 Å². The number of methoxy groups -OCH3 is 1. The second-order valence-corrected chi connectivity index (χ2v) is 4.70. The molecule has 0 atom stereocenters. The number of nitrogens with zero attached hydrogens (tertiary/aromatic N) is 1. The normalized spacial score (nSPS) is 10.3. The number of rotatable bonds is 5. The first-order valence-corrected chi connectivity index (χ1v) is 7.13. The number of aryl methyl sites for hydroxylation is 1. The summed E-state index contributed by atoms with van der Waals surface area (Å²) in [6.07, 6.45) is 1.78. The molecular formula is C15H16BrNO2. The molecule has 0 N–H and O–H groups in total. The highest BCUT2D eigenvalue weighted by atomic mass is 79.9. The van der Waals surface area contributed by atoms with Crippen LogP contribution in [0.5, 0.6) is 11.5 Å². The van der Waals surface area contributed by atoms with Gasteiger partial charge < -0.3 is 9.47 Å². The average Bonchev–Trinajstić information content (AvgIpc) is 2.46. The molecule has 0 fully saturated rings. The first-order valence-electron chi connectivity index (χ1n) is 6.01. The second kappa shape index (κ2) is 6.57. The number of hydrogen-bond donors (Lipinski definition) is 0. The van der Waals surface area contributed by atoms with Crippen molar-refractivity contribution in [1.29, 1.82) is 0 Å². The van der Waals surface area contributed by atoms with Crippen molar-refractivity contribution in [3.8, 4) is 11.5 Å². The number of halogens is 1. The van der Waals surface area contributed by atoms with Gasteiger partial charge in [-0.3, -0.25) is 4.98 Å². The zero-order chi connectivity index (χ0) is 13.7. The van der Waals surface area contributed by atoms with Gasteiger partial charge in [0, 0.05) is 17.1 Å². The van der Waals surface area contributed by atoms with E-state index in [1.807, 2.05) is 37.3 Å². The SMILES string of the molecule is COc1cccc(CBr)c1OCc1ncccc1C. The van der Waals surface area contributed by atoms with Crippen LogP contribution in [0.1, 0.15) is 16.8 Å². The lowest BCUT2D eigenvalue weighted by molar-refractivity contribution is 0.278. The van der Waals surface area contributed by atoms with Crippen LogP contribution >= 0.6 is 15.9 Å². The Morgan fingerprint density at radius 3 is 2.74 bits per heavy atom. The third-order valence-corrected chi connectivity index (χ3v) is 3.50. The molecule has 1 aromatic heterocycles. The Labute approximate surface area is 121 Å². The Morgan fingerprint density at radius 1 is 1.21 bits per heavy atom. The van der Waals surface area contributed by atoms with E-state index < -0.39 is 0 Å². The average molecular weight is 322 g/mol. The highest BCUT2D eigenvalue weighted by molar-refractivity contribution is 9.08. The maximum atomic E-state index is 5.90. The van der Waals surface area contributed by atoms with Gasteiger partial charge in [-0.2, -0.15) is 0 Å². The van der Waals surface area contributed by atoms with Crippen LogP contribution in [0, 0.1) is 6.92 Å². The van der Waals surface area contributed by atoms with Gasteiger partial charge in [-0.25, -0.2) is 0 Å². The topological polar surface area (TPSA) is 31.4 Å². The molecule has 0 aliphatic carbocycles. The summed E-state index contributed by atoms with van der Waals surface area (Å²) in [6.45, 7) is 2.46. The van der Waals surface area contributed by atoms with Crippen LogP contribution < -0.4 is 9.47 Å².